The molecule has 0 bridgehead atoms. The zero-order chi connectivity index (χ0) is 17.8. The maximum atomic E-state index is 6.21. The van der Waals surface area contributed by atoms with Crippen molar-refractivity contribution in [3.8, 4) is 0 Å². The minimum Gasteiger partial charge on any atom is -0.363 e. The fraction of sp³-hybridized carbons (Fsp3) is 0.158. The smallest absolute Gasteiger partial charge is 0.231 e. The lowest BCUT2D eigenvalue weighted by molar-refractivity contribution is 1.04. The Hall–Kier alpha value is -2.79. The zero-order valence-electron chi connectivity index (χ0n) is 14.4. The van der Waals surface area contributed by atoms with Crippen LogP contribution in [0.25, 0.3) is 0 Å². The molecule has 5 nitrogen and oxygen atoms in total. The van der Waals surface area contributed by atoms with Crippen LogP contribution in [0.3, 0.4) is 0 Å². The molecular weight excluding hydrogens is 334 g/mol. The van der Waals surface area contributed by atoms with E-state index in [-0.39, 0.29) is 0 Å². The quantitative estimate of drug-likeness (QED) is 0.676. The van der Waals surface area contributed by atoms with E-state index in [1.165, 1.54) is 0 Å². The lowest BCUT2D eigenvalue weighted by Crippen LogP contribution is -2.13. The first kappa shape index (κ1) is 17.0. The number of hydrogen-bond acceptors (Lipinski definition) is 5. The Balaban J connectivity index is 1.91. The number of aromatic nitrogens is 2. The predicted molar refractivity (Wildman–Crippen MR) is 106 cm³/mol. The van der Waals surface area contributed by atoms with Gasteiger partial charge in [-0.2, -0.15) is 9.97 Å². The number of nitrogens with one attached hydrogen (secondary N) is 2. The molecule has 0 aliphatic carbocycles. The first-order chi connectivity index (χ1) is 12.0. The van der Waals surface area contributed by atoms with Crippen LogP contribution < -0.4 is 15.5 Å². The maximum absolute atomic E-state index is 6.21. The third kappa shape index (κ3) is 4.39. The van der Waals surface area contributed by atoms with Crippen LogP contribution in [0.1, 0.15) is 5.56 Å². The van der Waals surface area contributed by atoms with E-state index in [1.54, 1.807) is 0 Å². The minimum atomic E-state index is 0.526. The van der Waals surface area contributed by atoms with Gasteiger partial charge in [-0.3, -0.25) is 0 Å². The summed E-state index contributed by atoms with van der Waals surface area (Å²) in [5.41, 5.74) is 2.85. The van der Waals surface area contributed by atoms with Gasteiger partial charge < -0.3 is 15.5 Å². The van der Waals surface area contributed by atoms with E-state index in [9.17, 15) is 0 Å². The highest BCUT2D eigenvalue weighted by molar-refractivity contribution is 6.31. The molecule has 0 saturated carbocycles. The first-order valence-electron chi connectivity index (χ1n) is 7.93. The van der Waals surface area contributed by atoms with Gasteiger partial charge in [0.2, 0.25) is 5.95 Å². The third-order valence-electron chi connectivity index (χ3n) is 3.64. The van der Waals surface area contributed by atoms with E-state index < -0.39 is 0 Å². The molecule has 0 saturated heterocycles. The van der Waals surface area contributed by atoms with Crippen LogP contribution in [0.2, 0.25) is 5.02 Å². The van der Waals surface area contributed by atoms with Gasteiger partial charge in [-0.05, 0) is 36.8 Å². The molecule has 25 heavy (non-hydrogen) atoms. The number of para-hydroxylation sites is 1. The van der Waals surface area contributed by atoms with Gasteiger partial charge in [0.15, 0.2) is 0 Å². The highest BCUT2D eigenvalue weighted by atomic mass is 35.5. The second kappa shape index (κ2) is 7.40. The zero-order valence-corrected chi connectivity index (χ0v) is 15.2. The van der Waals surface area contributed by atoms with Crippen molar-refractivity contribution in [2.75, 3.05) is 29.6 Å². The molecule has 128 valence electrons. The van der Waals surface area contributed by atoms with Crippen LogP contribution in [0.15, 0.2) is 54.6 Å². The largest absolute Gasteiger partial charge is 0.363 e. The molecule has 0 amide bonds. The van der Waals surface area contributed by atoms with Gasteiger partial charge in [0.1, 0.15) is 11.6 Å². The van der Waals surface area contributed by atoms with Crippen LogP contribution >= 0.6 is 11.6 Å². The summed E-state index contributed by atoms with van der Waals surface area (Å²) in [6.45, 7) is 1.98. The average Bonchev–Trinajstić information content (AvgIpc) is 2.59. The molecular formula is C19H20ClN5. The molecule has 2 N–H and O–H groups in total. The fourth-order valence-corrected chi connectivity index (χ4v) is 2.43. The second-order valence-electron chi connectivity index (χ2n) is 5.91. The van der Waals surface area contributed by atoms with Gasteiger partial charge in [-0.1, -0.05) is 35.9 Å². The van der Waals surface area contributed by atoms with Gasteiger partial charge in [-0.15, -0.1) is 0 Å². The lowest BCUT2D eigenvalue weighted by atomic mass is 10.2. The monoisotopic (exact) mass is 353 g/mol. The summed E-state index contributed by atoms with van der Waals surface area (Å²) in [7, 11) is 3.89. The topological polar surface area (TPSA) is 53.1 Å². The van der Waals surface area contributed by atoms with Crippen molar-refractivity contribution < 1.29 is 0 Å². The van der Waals surface area contributed by atoms with Crippen LogP contribution in [0.5, 0.6) is 0 Å². The Labute approximate surface area is 152 Å². The van der Waals surface area contributed by atoms with Crippen molar-refractivity contribution in [3.05, 3.63) is 65.2 Å². The summed E-state index contributed by atoms with van der Waals surface area (Å²) >= 11 is 6.21. The van der Waals surface area contributed by atoms with Gasteiger partial charge in [0, 0.05) is 36.6 Å². The molecule has 1 heterocycles. The van der Waals surface area contributed by atoms with E-state index in [0.717, 1.165) is 27.8 Å². The predicted octanol–water partition coefficient (Wildman–Crippen LogP) is 4.99. The van der Waals surface area contributed by atoms with Gasteiger partial charge in [0.25, 0.3) is 0 Å². The summed E-state index contributed by atoms with van der Waals surface area (Å²) in [4.78, 5) is 11.0. The highest BCUT2D eigenvalue weighted by Gasteiger charge is 2.08. The molecule has 0 spiro atoms. The SMILES string of the molecule is Cc1ccc(Nc2cc(N(C)C)nc(Nc3ccccc3)n2)cc1Cl. The first-order valence-corrected chi connectivity index (χ1v) is 8.31. The fourth-order valence-electron chi connectivity index (χ4n) is 2.25. The van der Waals surface area contributed by atoms with Crippen LogP contribution in [-0.4, -0.2) is 24.1 Å². The maximum Gasteiger partial charge on any atom is 0.231 e. The molecule has 6 heteroatoms. The lowest BCUT2D eigenvalue weighted by Gasteiger charge is -2.16. The molecule has 0 atom stereocenters. The normalized spacial score (nSPS) is 10.4. The molecule has 3 rings (SSSR count). The van der Waals surface area contributed by atoms with Crippen molar-refractivity contribution in [1.29, 1.82) is 0 Å². The second-order valence-corrected chi connectivity index (χ2v) is 6.32. The minimum absolute atomic E-state index is 0.526. The van der Waals surface area contributed by atoms with Crippen molar-refractivity contribution in [3.63, 3.8) is 0 Å². The van der Waals surface area contributed by atoms with Crippen molar-refractivity contribution >= 4 is 40.6 Å². The Kier molecular flexibility index (Phi) is 5.05. The van der Waals surface area contributed by atoms with E-state index >= 15 is 0 Å². The Bertz CT molecular complexity index is 865. The van der Waals surface area contributed by atoms with Crippen LogP contribution in [-0.2, 0) is 0 Å². The molecule has 0 fully saturated rings. The van der Waals surface area contributed by atoms with Gasteiger partial charge >= 0.3 is 0 Å². The van der Waals surface area contributed by atoms with E-state index in [4.69, 9.17) is 11.6 Å². The Morgan fingerprint density at radius 1 is 0.880 bits per heavy atom. The molecule has 0 unspecified atom stereocenters. The number of halogens is 1. The molecule has 2 aromatic carbocycles. The van der Waals surface area contributed by atoms with E-state index in [0.29, 0.717) is 11.8 Å². The number of aryl methyl sites for hydroxylation is 1. The molecule has 0 radical (unpaired) electrons. The summed E-state index contributed by atoms with van der Waals surface area (Å²) in [6.07, 6.45) is 0. The standard InChI is InChI=1S/C19H20ClN5/c1-13-9-10-15(11-16(13)20)21-17-12-18(25(2)3)24-19(23-17)22-14-7-5-4-6-8-14/h4-12H,1-3H3,(H2,21,22,23,24). The summed E-state index contributed by atoms with van der Waals surface area (Å²) in [5.74, 6) is 2.02. The van der Waals surface area contributed by atoms with Crippen LogP contribution in [0.4, 0.5) is 29.0 Å². The molecule has 0 aliphatic heterocycles. The van der Waals surface area contributed by atoms with Crippen molar-refractivity contribution in [2.24, 2.45) is 0 Å². The summed E-state index contributed by atoms with van der Waals surface area (Å²) < 4.78 is 0. The third-order valence-corrected chi connectivity index (χ3v) is 4.05. The van der Waals surface area contributed by atoms with Crippen LogP contribution in [0, 0.1) is 6.92 Å². The molecule has 1 aromatic heterocycles. The number of nitrogens with zero attached hydrogens (tertiary/aromatic N) is 3. The number of benzene rings is 2. The summed E-state index contributed by atoms with van der Waals surface area (Å²) in [6, 6.07) is 17.6. The Morgan fingerprint density at radius 3 is 2.32 bits per heavy atom. The van der Waals surface area contributed by atoms with Gasteiger partial charge in [-0.25, -0.2) is 0 Å². The summed E-state index contributed by atoms with van der Waals surface area (Å²) in [5, 5.41) is 7.24. The van der Waals surface area contributed by atoms with E-state index in [1.807, 2.05) is 80.5 Å². The highest BCUT2D eigenvalue weighted by Crippen LogP contribution is 2.25. The molecule has 0 aliphatic rings. The average molecular weight is 354 g/mol. The Morgan fingerprint density at radius 2 is 1.64 bits per heavy atom. The molecule has 3 aromatic rings. The van der Waals surface area contributed by atoms with Crippen molar-refractivity contribution in [1.82, 2.24) is 9.97 Å². The van der Waals surface area contributed by atoms with Crippen molar-refractivity contribution in [2.45, 2.75) is 6.92 Å². The number of rotatable bonds is 5. The van der Waals surface area contributed by atoms with E-state index in [2.05, 4.69) is 20.6 Å². The number of hydrogen-bond donors (Lipinski definition) is 2. The van der Waals surface area contributed by atoms with Gasteiger partial charge in [0.05, 0.1) is 0 Å². The number of anilines is 5.